The molecular weight excluding hydrogens is 1090 g/mol. The van der Waals surface area contributed by atoms with Gasteiger partial charge in [-0.05, 0) is 224 Å². The first-order valence-corrected chi connectivity index (χ1v) is 31.1. The second-order valence-electron chi connectivity index (χ2n) is 24.5. The Kier molecular flexibility index (Phi) is 10.3. The Balaban J connectivity index is 0.703. The molecule has 0 N–H and O–H groups in total. The smallest absolute Gasteiger partial charge is 0.136 e. The van der Waals surface area contributed by atoms with Gasteiger partial charge in [0.15, 0.2) is 0 Å². The van der Waals surface area contributed by atoms with Crippen LogP contribution in [0.15, 0.2) is 312 Å². The van der Waals surface area contributed by atoms with Crippen LogP contribution in [0.5, 0.6) is 0 Å². The van der Waals surface area contributed by atoms with E-state index in [1.807, 2.05) is 0 Å². The van der Waals surface area contributed by atoms with Crippen molar-refractivity contribution in [1.29, 1.82) is 0 Å². The molecule has 20 aromatic rings. The van der Waals surface area contributed by atoms with Gasteiger partial charge in [-0.2, -0.15) is 0 Å². The lowest BCUT2D eigenvalue weighted by molar-refractivity contribution is 0.669. The van der Waals surface area contributed by atoms with E-state index in [0.717, 1.165) is 49.3 Å². The molecule has 0 atom stereocenters. The average molecular weight is 1140 g/mol. The molecule has 2 heterocycles. The predicted octanol–water partition coefficient (Wildman–Crippen LogP) is 25.4. The van der Waals surface area contributed by atoms with Gasteiger partial charge in [-0.15, -0.1) is 0 Å². The van der Waals surface area contributed by atoms with Crippen LogP contribution in [-0.2, 0) is 0 Å². The molecule has 0 aliphatic rings. The van der Waals surface area contributed by atoms with E-state index < -0.39 is 0 Å². The number of rotatable bonds is 5. The topological polar surface area (TPSA) is 26.3 Å². The van der Waals surface area contributed by atoms with Crippen LogP contribution in [0.3, 0.4) is 0 Å². The van der Waals surface area contributed by atoms with Crippen molar-refractivity contribution < 1.29 is 8.83 Å². The molecular formula is C88H50O2. The summed E-state index contributed by atoms with van der Waals surface area (Å²) in [5.74, 6) is 0. The van der Waals surface area contributed by atoms with E-state index >= 15 is 0 Å². The fourth-order valence-electron chi connectivity index (χ4n) is 15.7. The molecule has 0 saturated carbocycles. The van der Waals surface area contributed by atoms with Gasteiger partial charge in [-0.25, -0.2) is 0 Å². The standard InChI is InChI=1S/C88H50O2/c1-2-17-54-49-83-79(44-53(54)16-1)77-47-60(37-41-81(77)89-83)87-71-24-9-11-26-73(71)88(74-27-12-10-25-72(74)87)66-30-14-29-64-65(66)40-35-52-32-34-57(45-75(52)64)62-28-13-18-55-46-80-78-48-59(38-42-82(78)90-84(80)50-76(55)62)86-69-22-7-5-20-67(69)85(68-21-6-8-23-70(68)86)58-36-39-63-56(43-58)33-31-51-15-3-4-19-61(51)63/h1-50H. The largest absolute Gasteiger partial charge is 0.456 e. The summed E-state index contributed by atoms with van der Waals surface area (Å²) in [6.07, 6.45) is 0. The Morgan fingerprint density at radius 3 is 1.13 bits per heavy atom. The number of hydrogen-bond acceptors (Lipinski definition) is 2. The number of benzene rings is 18. The van der Waals surface area contributed by atoms with Crippen LogP contribution < -0.4 is 0 Å². The Morgan fingerprint density at radius 2 is 0.511 bits per heavy atom. The van der Waals surface area contributed by atoms with E-state index in [0.29, 0.717) is 0 Å². The van der Waals surface area contributed by atoms with Crippen LogP contribution in [0.2, 0.25) is 0 Å². The van der Waals surface area contributed by atoms with Crippen molar-refractivity contribution >= 4 is 152 Å². The van der Waals surface area contributed by atoms with Crippen LogP contribution in [0, 0.1) is 0 Å². The van der Waals surface area contributed by atoms with Crippen molar-refractivity contribution in [2.24, 2.45) is 0 Å². The minimum Gasteiger partial charge on any atom is -0.456 e. The van der Waals surface area contributed by atoms with Crippen molar-refractivity contribution in [1.82, 2.24) is 0 Å². The molecule has 20 rings (SSSR count). The van der Waals surface area contributed by atoms with E-state index in [1.165, 1.54) is 158 Å². The first-order chi connectivity index (χ1) is 44.6. The second kappa shape index (κ2) is 18.8. The lowest BCUT2D eigenvalue weighted by Gasteiger charge is -2.19. The summed E-state index contributed by atoms with van der Waals surface area (Å²) < 4.78 is 13.4. The molecule has 90 heavy (non-hydrogen) atoms. The number of furan rings is 2. The first-order valence-electron chi connectivity index (χ1n) is 31.1. The normalized spacial score (nSPS) is 12.2. The first kappa shape index (κ1) is 49.3. The maximum atomic E-state index is 6.87. The third-order valence-electron chi connectivity index (χ3n) is 19.7. The molecule has 0 fully saturated rings. The fourth-order valence-corrected chi connectivity index (χ4v) is 15.7. The van der Waals surface area contributed by atoms with Crippen molar-refractivity contribution in [3.8, 4) is 55.6 Å². The van der Waals surface area contributed by atoms with Crippen molar-refractivity contribution in [2.45, 2.75) is 0 Å². The summed E-state index contributed by atoms with van der Waals surface area (Å²) in [7, 11) is 0. The number of fused-ring (bicyclic) bond motifs is 18. The molecule has 0 saturated heterocycles. The van der Waals surface area contributed by atoms with Gasteiger partial charge in [0, 0.05) is 21.5 Å². The summed E-state index contributed by atoms with van der Waals surface area (Å²) in [5, 5.41) is 28.9. The zero-order valence-corrected chi connectivity index (χ0v) is 48.7. The van der Waals surface area contributed by atoms with Crippen molar-refractivity contribution in [3.63, 3.8) is 0 Å². The second-order valence-corrected chi connectivity index (χ2v) is 24.5. The van der Waals surface area contributed by atoms with Crippen LogP contribution in [0.25, 0.3) is 207 Å². The zero-order valence-electron chi connectivity index (χ0n) is 48.7. The van der Waals surface area contributed by atoms with Gasteiger partial charge in [-0.1, -0.05) is 243 Å². The maximum absolute atomic E-state index is 6.87. The monoisotopic (exact) mass is 1140 g/mol. The van der Waals surface area contributed by atoms with E-state index in [9.17, 15) is 0 Å². The molecule has 0 unspecified atom stereocenters. The highest BCUT2D eigenvalue weighted by atomic mass is 16.3. The highest BCUT2D eigenvalue weighted by Crippen LogP contribution is 2.50. The van der Waals surface area contributed by atoms with Gasteiger partial charge in [-0.3, -0.25) is 0 Å². The Labute approximate surface area is 516 Å². The summed E-state index contributed by atoms with van der Waals surface area (Å²) in [6.45, 7) is 0. The van der Waals surface area contributed by atoms with Gasteiger partial charge in [0.05, 0.1) is 0 Å². The third kappa shape index (κ3) is 7.22. The van der Waals surface area contributed by atoms with E-state index in [-0.39, 0.29) is 0 Å². The minimum absolute atomic E-state index is 0.876. The summed E-state index contributed by atoms with van der Waals surface area (Å²) in [4.78, 5) is 0. The molecule has 0 spiro atoms. The van der Waals surface area contributed by atoms with Gasteiger partial charge in [0.2, 0.25) is 0 Å². The fraction of sp³-hybridized carbons (Fsp3) is 0. The molecule has 0 aliphatic heterocycles. The maximum Gasteiger partial charge on any atom is 0.136 e. The van der Waals surface area contributed by atoms with Crippen LogP contribution in [-0.4, -0.2) is 0 Å². The molecule has 2 aromatic heterocycles. The number of hydrogen-bond donors (Lipinski definition) is 0. The average Bonchev–Trinajstić information content (AvgIpc) is 1.27. The van der Waals surface area contributed by atoms with Gasteiger partial charge >= 0.3 is 0 Å². The quantitative estimate of drug-likeness (QED) is 0.127. The molecule has 0 aliphatic carbocycles. The van der Waals surface area contributed by atoms with Gasteiger partial charge in [0.1, 0.15) is 22.3 Å². The Bertz CT molecular complexity index is 6420. The Hall–Kier alpha value is -11.8. The van der Waals surface area contributed by atoms with Crippen LogP contribution in [0.4, 0.5) is 0 Å². The molecule has 18 aromatic carbocycles. The molecule has 0 bridgehead atoms. The molecule has 414 valence electrons. The van der Waals surface area contributed by atoms with Crippen LogP contribution in [0.1, 0.15) is 0 Å². The van der Waals surface area contributed by atoms with E-state index in [4.69, 9.17) is 8.83 Å². The van der Waals surface area contributed by atoms with Crippen molar-refractivity contribution in [2.75, 3.05) is 0 Å². The predicted molar refractivity (Wildman–Crippen MR) is 383 cm³/mol. The van der Waals surface area contributed by atoms with Crippen molar-refractivity contribution in [3.05, 3.63) is 303 Å². The highest BCUT2D eigenvalue weighted by Gasteiger charge is 2.23. The van der Waals surface area contributed by atoms with Gasteiger partial charge in [0.25, 0.3) is 0 Å². The SMILES string of the molecule is c1ccc2cc3c(cc2c1)oc1ccc(-c2c4ccccc4c(-c4cccc5c4ccc4ccc(-c6cccc7cc8c(cc67)oc6ccc(-c7c9ccccc9c(-c9ccc%10c(ccc%11ccccc%11%10)c9)c9ccccc79)cc68)cc45)c4ccccc24)cc13. The highest BCUT2D eigenvalue weighted by molar-refractivity contribution is 6.27. The van der Waals surface area contributed by atoms with Gasteiger partial charge < -0.3 is 8.83 Å². The third-order valence-corrected chi connectivity index (χ3v) is 19.7. The molecule has 2 heteroatoms. The summed E-state index contributed by atoms with van der Waals surface area (Å²) >= 11 is 0. The lowest BCUT2D eigenvalue weighted by Crippen LogP contribution is -1.92. The van der Waals surface area contributed by atoms with E-state index in [1.54, 1.807) is 0 Å². The van der Waals surface area contributed by atoms with E-state index in [2.05, 4.69) is 303 Å². The lowest BCUT2D eigenvalue weighted by atomic mass is 9.84. The Morgan fingerprint density at radius 1 is 0.144 bits per heavy atom. The molecule has 0 radical (unpaired) electrons. The molecule has 0 amide bonds. The summed E-state index contributed by atoms with van der Waals surface area (Å²) in [5.41, 5.74) is 15.6. The van der Waals surface area contributed by atoms with Crippen LogP contribution >= 0.6 is 0 Å². The summed E-state index contributed by atoms with van der Waals surface area (Å²) in [6, 6.07) is 112. The zero-order chi connectivity index (χ0) is 58.7. The molecule has 2 nitrogen and oxygen atoms in total. The minimum atomic E-state index is 0.876.